The van der Waals surface area contributed by atoms with Crippen molar-refractivity contribution in [2.75, 3.05) is 17.2 Å². The highest BCUT2D eigenvalue weighted by Crippen LogP contribution is 2.37. The van der Waals surface area contributed by atoms with Crippen LogP contribution in [0.2, 0.25) is 5.15 Å². The lowest BCUT2D eigenvalue weighted by atomic mass is 10.0. The van der Waals surface area contributed by atoms with Crippen molar-refractivity contribution >= 4 is 55.7 Å². The molecule has 0 fully saturated rings. The molecule has 2 rings (SSSR count). The number of nitrogens with one attached hydrogen (secondary N) is 2. The number of pyridine rings is 1. The van der Waals surface area contributed by atoms with Crippen molar-refractivity contribution < 1.29 is 9.90 Å². The van der Waals surface area contributed by atoms with Crippen molar-refractivity contribution in [1.82, 2.24) is 4.98 Å². The lowest BCUT2D eigenvalue weighted by Crippen LogP contribution is -2.30. The van der Waals surface area contributed by atoms with E-state index in [0.717, 1.165) is 22.7 Å². The Balaban J connectivity index is 2.50. The van der Waals surface area contributed by atoms with Crippen LogP contribution >= 0.6 is 27.5 Å². The fraction of sp³-hybridized carbons (Fsp3) is 0.474. The number of hydrogen-bond donors (Lipinski definition) is 3. The van der Waals surface area contributed by atoms with Crippen LogP contribution in [0, 0.1) is 5.92 Å². The molecule has 0 bridgehead atoms. The number of fused-ring (bicyclic) bond motifs is 1. The molecule has 0 saturated carbocycles. The maximum atomic E-state index is 12.5. The summed E-state index contributed by atoms with van der Waals surface area (Å²) in [7, 11) is 0. The highest BCUT2D eigenvalue weighted by Gasteiger charge is 2.21. The topological polar surface area (TPSA) is 74.2 Å². The second kappa shape index (κ2) is 8.55. The zero-order chi connectivity index (χ0) is 19.5. The number of nitrogens with zero attached hydrogens (tertiary/aromatic N) is 1. The Kier molecular flexibility index (Phi) is 6.88. The van der Waals surface area contributed by atoms with Gasteiger partial charge in [0.25, 0.3) is 0 Å². The molecule has 0 radical (unpaired) electrons. The highest BCUT2D eigenvalue weighted by molar-refractivity contribution is 9.10. The highest BCUT2D eigenvalue weighted by atomic mass is 79.9. The molecule has 0 spiro atoms. The molecule has 5 nitrogen and oxygen atoms in total. The minimum atomic E-state index is -0.922. The standard InChI is InChI=1S/C19H25BrClN3O2/c1-5-6-11(2)18(25)24-16-15(22-10-19(3,4)26)13-8-7-12(20)9-14(13)23-17(16)21/h7-9,11,26H,5-6,10H2,1-4H3,(H,22,23)(H,24,25). The van der Waals surface area contributed by atoms with Crippen LogP contribution in [0.4, 0.5) is 11.4 Å². The molecule has 1 aromatic heterocycles. The van der Waals surface area contributed by atoms with Crippen molar-refractivity contribution in [2.24, 2.45) is 5.92 Å². The average molecular weight is 443 g/mol. The SMILES string of the molecule is CCCC(C)C(=O)Nc1c(Cl)nc2cc(Br)ccc2c1NCC(C)(C)O. The molecule has 0 saturated heterocycles. The summed E-state index contributed by atoms with van der Waals surface area (Å²) in [5.41, 5.74) is 0.876. The van der Waals surface area contributed by atoms with Gasteiger partial charge in [-0.15, -0.1) is 0 Å². The number of carbonyl (C=O) groups excluding carboxylic acids is 1. The van der Waals surface area contributed by atoms with E-state index < -0.39 is 5.60 Å². The summed E-state index contributed by atoms with van der Waals surface area (Å²) in [6.45, 7) is 7.66. The predicted octanol–water partition coefficient (Wildman–Crippen LogP) is 5.21. The van der Waals surface area contributed by atoms with Crippen LogP contribution in [0.5, 0.6) is 0 Å². The Morgan fingerprint density at radius 3 is 2.69 bits per heavy atom. The summed E-state index contributed by atoms with van der Waals surface area (Å²) >= 11 is 9.83. The molecule has 3 N–H and O–H groups in total. The third kappa shape index (κ3) is 5.32. The van der Waals surface area contributed by atoms with Crippen LogP contribution in [-0.4, -0.2) is 28.1 Å². The van der Waals surface area contributed by atoms with Crippen molar-refractivity contribution in [3.63, 3.8) is 0 Å². The number of anilines is 2. The van der Waals surface area contributed by atoms with Gasteiger partial charge >= 0.3 is 0 Å². The van der Waals surface area contributed by atoms with Crippen LogP contribution < -0.4 is 10.6 Å². The molecule has 7 heteroatoms. The van der Waals surface area contributed by atoms with Gasteiger partial charge in [-0.25, -0.2) is 4.98 Å². The average Bonchev–Trinajstić information content (AvgIpc) is 2.53. The summed E-state index contributed by atoms with van der Waals surface area (Å²) in [6.07, 6.45) is 1.72. The van der Waals surface area contributed by atoms with Gasteiger partial charge in [0.05, 0.1) is 16.8 Å². The Morgan fingerprint density at radius 1 is 1.38 bits per heavy atom. The number of rotatable bonds is 7. The van der Waals surface area contributed by atoms with E-state index in [1.807, 2.05) is 32.0 Å². The number of aliphatic hydroxyl groups is 1. The number of halogens is 2. The minimum Gasteiger partial charge on any atom is -0.389 e. The fourth-order valence-corrected chi connectivity index (χ4v) is 3.20. The van der Waals surface area contributed by atoms with E-state index in [1.165, 1.54) is 0 Å². The monoisotopic (exact) mass is 441 g/mol. The van der Waals surface area contributed by atoms with E-state index in [0.29, 0.717) is 23.4 Å². The largest absolute Gasteiger partial charge is 0.389 e. The summed E-state index contributed by atoms with van der Waals surface area (Å²) in [5, 5.41) is 17.3. The molecule has 0 aliphatic rings. The van der Waals surface area contributed by atoms with Gasteiger partial charge in [-0.3, -0.25) is 4.79 Å². The first-order valence-corrected chi connectivity index (χ1v) is 9.85. The Morgan fingerprint density at radius 2 is 2.08 bits per heavy atom. The van der Waals surface area contributed by atoms with E-state index in [2.05, 4.69) is 31.5 Å². The van der Waals surface area contributed by atoms with E-state index in [4.69, 9.17) is 11.6 Å². The second-order valence-corrected chi connectivity index (χ2v) is 8.43. The molecule has 1 aromatic carbocycles. The smallest absolute Gasteiger partial charge is 0.227 e. The summed E-state index contributed by atoms with van der Waals surface area (Å²) in [6, 6.07) is 5.67. The van der Waals surface area contributed by atoms with E-state index in [1.54, 1.807) is 13.8 Å². The normalized spacial score (nSPS) is 12.9. The molecule has 1 atom stereocenters. The number of aromatic nitrogens is 1. The van der Waals surface area contributed by atoms with Gasteiger partial charge in [0.1, 0.15) is 5.69 Å². The minimum absolute atomic E-state index is 0.0988. The first-order chi connectivity index (χ1) is 12.1. The summed E-state index contributed by atoms with van der Waals surface area (Å²) < 4.78 is 0.885. The maximum absolute atomic E-state index is 12.5. The van der Waals surface area contributed by atoms with Gasteiger partial charge in [-0.2, -0.15) is 0 Å². The number of amides is 1. The molecule has 0 aliphatic carbocycles. The van der Waals surface area contributed by atoms with Crippen LogP contribution in [0.25, 0.3) is 10.9 Å². The molecule has 2 aromatic rings. The summed E-state index contributed by atoms with van der Waals surface area (Å²) in [5.74, 6) is -0.225. The molecule has 0 aliphatic heterocycles. The molecule has 1 amide bonds. The van der Waals surface area contributed by atoms with Gasteiger partial charge in [0, 0.05) is 22.3 Å². The van der Waals surface area contributed by atoms with Gasteiger partial charge in [0.15, 0.2) is 5.15 Å². The lowest BCUT2D eigenvalue weighted by molar-refractivity contribution is -0.119. The molecule has 1 heterocycles. The van der Waals surface area contributed by atoms with E-state index in [-0.39, 0.29) is 17.0 Å². The third-order valence-corrected chi connectivity index (χ3v) is 4.79. The van der Waals surface area contributed by atoms with Crippen molar-refractivity contribution in [1.29, 1.82) is 0 Å². The summed E-state index contributed by atoms with van der Waals surface area (Å²) in [4.78, 5) is 16.9. The molecular formula is C19H25BrClN3O2. The Labute approximate surface area is 167 Å². The zero-order valence-electron chi connectivity index (χ0n) is 15.5. The van der Waals surface area contributed by atoms with Crippen LogP contribution in [0.1, 0.15) is 40.5 Å². The van der Waals surface area contributed by atoms with Crippen LogP contribution in [0.15, 0.2) is 22.7 Å². The van der Waals surface area contributed by atoms with Gasteiger partial charge in [-0.05, 0) is 38.5 Å². The van der Waals surface area contributed by atoms with Gasteiger partial charge in [0.2, 0.25) is 5.91 Å². The number of carbonyl (C=O) groups is 1. The van der Waals surface area contributed by atoms with Crippen LogP contribution in [-0.2, 0) is 4.79 Å². The Bertz CT molecular complexity index is 805. The fourth-order valence-electron chi connectivity index (χ4n) is 2.62. The van der Waals surface area contributed by atoms with Gasteiger partial charge < -0.3 is 15.7 Å². The Hall–Kier alpha value is -1.37. The second-order valence-electron chi connectivity index (χ2n) is 7.16. The number of hydrogen-bond acceptors (Lipinski definition) is 4. The van der Waals surface area contributed by atoms with Crippen LogP contribution in [0.3, 0.4) is 0 Å². The van der Waals surface area contributed by atoms with E-state index >= 15 is 0 Å². The molecule has 1 unspecified atom stereocenters. The molecule has 142 valence electrons. The predicted molar refractivity (Wildman–Crippen MR) is 112 cm³/mol. The van der Waals surface area contributed by atoms with Gasteiger partial charge in [-0.1, -0.05) is 47.8 Å². The van der Waals surface area contributed by atoms with Crippen molar-refractivity contribution in [3.8, 4) is 0 Å². The van der Waals surface area contributed by atoms with Crippen molar-refractivity contribution in [2.45, 2.75) is 46.1 Å². The number of benzene rings is 1. The van der Waals surface area contributed by atoms with E-state index in [9.17, 15) is 9.90 Å². The first-order valence-electron chi connectivity index (χ1n) is 8.68. The lowest BCUT2D eigenvalue weighted by Gasteiger charge is -2.23. The molecule has 26 heavy (non-hydrogen) atoms. The first kappa shape index (κ1) is 20.9. The molecular weight excluding hydrogens is 418 g/mol. The quantitative estimate of drug-likeness (QED) is 0.515. The van der Waals surface area contributed by atoms with Crippen molar-refractivity contribution in [3.05, 3.63) is 27.8 Å². The maximum Gasteiger partial charge on any atom is 0.227 e. The third-order valence-electron chi connectivity index (χ3n) is 4.02. The zero-order valence-corrected chi connectivity index (χ0v) is 17.8.